The van der Waals surface area contributed by atoms with Crippen LogP contribution in [0.4, 0.5) is 0 Å². The number of benzene rings is 3. The molecule has 0 saturated heterocycles. The summed E-state index contributed by atoms with van der Waals surface area (Å²) in [5.74, 6) is 0. The quantitative estimate of drug-likeness (QED) is 0.427. The van der Waals surface area contributed by atoms with E-state index in [1.54, 1.807) is 12.1 Å². The first-order valence-corrected chi connectivity index (χ1v) is 9.82. The van der Waals surface area contributed by atoms with Gasteiger partial charge in [-0.05, 0) is 36.0 Å². The monoisotopic (exact) mass is 382 g/mol. The Bertz CT molecular complexity index is 843. The van der Waals surface area contributed by atoms with Gasteiger partial charge in [0.2, 0.25) is 0 Å². The van der Waals surface area contributed by atoms with Crippen molar-refractivity contribution in [2.24, 2.45) is 0 Å². The topological polar surface area (TPSA) is 54.4 Å². The van der Waals surface area contributed by atoms with Crippen molar-refractivity contribution < 1.29 is 13.0 Å². The zero-order valence-electron chi connectivity index (χ0n) is 12.2. The van der Waals surface area contributed by atoms with Gasteiger partial charge in [-0.2, -0.15) is 8.42 Å². The van der Waals surface area contributed by atoms with Crippen LogP contribution in [-0.4, -0.2) is 64.4 Å². The molecule has 0 saturated carbocycles. The van der Waals surface area contributed by atoms with Gasteiger partial charge >= 0.3 is 51.4 Å². The van der Waals surface area contributed by atoms with E-state index in [1.165, 1.54) is 22.7 Å². The van der Waals surface area contributed by atoms with Gasteiger partial charge in [0.1, 0.15) is 0 Å². The van der Waals surface area contributed by atoms with E-state index in [2.05, 4.69) is 24.3 Å². The maximum absolute atomic E-state index is 11.2. The second-order valence-electron chi connectivity index (χ2n) is 4.98. The molecule has 24 heavy (non-hydrogen) atoms. The Morgan fingerprint density at radius 1 is 0.625 bits per heavy atom. The van der Waals surface area contributed by atoms with E-state index < -0.39 is 18.0 Å². The molecule has 0 aromatic heterocycles. The van der Waals surface area contributed by atoms with Gasteiger partial charge < -0.3 is 0 Å². The van der Waals surface area contributed by atoms with E-state index in [4.69, 9.17) is 4.55 Å². The van der Waals surface area contributed by atoms with Crippen molar-refractivity contribution in [3.05, 3.63) is 84.9 Å². The Hall–Kier alpha value is -0.364. The third-order valence-electron chi connectivity index (χ3n) is 3.42. The Morgan fingerprint density at radius 2 is 1.00 bits per heavy atom. The van der Waals surface area contributed by atoms with E-state index in [0.29, 0.717) is 0 Å². The van der Waals surface area contributed by atoms with Crippen molar-refractivity contribution in [2.75, 3.05) is 0 Å². The Kier molecular flexibility index (Phi) is 7.34. The standard InChI is InChI=1S/C18H15O3PS.K.H/c19-23(20,21)18-13-11-17(12-14-18)22(15-7-3-1-4-8-15)16-9-5-2-6-10-16;;/h1-14H,(H,19,20,21);;. The fourth-order valence-electron chi connectivity index (χ4n) is 2.37. The van der Waals surface area contributed by atoms with Gasteiger partial charge in [-0.25, -0.2) is 0 Å². The third-order valence-corrected chi connectivity index (χ3v) is 6.73. The molecule has 6 heteroatoms. The summed E-state index contributed by atoms with van der Waals surface area (Å²) in [4.78, 5) is -0.0858. The average Bonchev–Trinajstić information content (AvgIpc) is 2.57. The van der Waals surface area contributed by atoms with E-state index >= 15 is 0 Å². The van der Waals surface area contributed by atoms with E-state index in [0.717, 1.165) is 5.30 Å². The molecule has 3 nitrogen and oxygen atoms in total. The molecule has 0 aliphatic carbocycles. The van der Waals surface area contributed by atoms with Crippen LogP contribution in [0.5, 0.6) is 0 Å². The first kappa shape index (κ1) is 20.0. The Labute approximate surface area is 186 Å². The van der Waals surface area contributed by atoms with Gasteiger partial charge in [-0.3, -0.25) is 4.55 Å². The van der Waals surface area contributed by atoms with E-state index in [1.807, 2.05) is 36.4 Å². The average molecular weight is 382 g/mol. The predicted molar refractivity (Wildman–Crippen MR) is 102 cm³/mol. The summed E-state index contributed by atoms with van der Waals surface area (Å²) in [6.07, 6.45) is 0. The molecule has 3 aromatic rings. The molecular formula is C18H16KO3PS. The van der Waals surface area contributed by atoms with Crippen molar-refractivity contribution in [1.29, 1.82) is 0 Å². The molecule has 0 amide bonds. The van der Waals surface area contributed by atoms with Gasteiger partial charge in [0.25, 0.3) is 10.1 Å². The Balaban J connectivity index is 0.00000208. The fourth-order valence-corrected chi connectivity index (χ4v) is 5.13. The van der Waals surface area contributed by atoms with Crippen LogP contribution in [0, 0.1) is 0 Å². The molecule has 0 fully saturated rings. The summed E-state index contributed by atoms with van der Waals surface area (Å²) in [6.45, 7) is 0. The summed E-state index contributed by atoms with van der Waals surface area (Å²) in [7, 11) is -4.94. The molecule has 0 heterocycles. The molecular weight excluding hydrogens is 366 g/mol. The molecule has 0 radical (unpaired) electrons. The van der Waals surface area contributed by atoms with Crippen LogP contribution >= 0.6 is 7.92 Å². The van der Waals surface area contributed by atoms with Gasteiger partial charge in [0, 0.05) is 0 Å². The third kappa shape index (κ3) is 4.84. The second-order valence-corrected chi connectivity index (χ2v) is 8.62. The number of rotatable bonds is 4. The molecule has 0 atom stereocenters. The van der Waals surface area contributed by atoms with Crippen LogP contribution in [-0.2, 0) is 10.1 Å². The van der Waals surface area contributed by atoms with Crippen molar-refractivity contribution in [1.82, 2.24) is 0 Å². The molecule has 0 spiro atoms. The first-order chi connectivity index (χ1) is 11.1. The summed E-state index contributed by atoms with van der Waals surface area (Å²) in [6, 6.07) is 26.7. The minimum atomic E-state index is -4.17. The van der Waals surface area contributed by atoms with Crippen molar-refractivity contribution in [3.8, 4) is 0 Å². The van der Waals surface area contributed by atoms with Crippen LogP contribution in [0.2, 0.25) is 0 Å². The van der Waals surface area contributed by atoms with E-state index in [-0.39, 0.29) is 56.3 Å². The minimum absolute atomic E-state index is 0. The van der Waals surface area contributed by atoms with Crippen LogP contribution < -0.4 is 15.9 Å². The van der Waals surface area contributed by atoms with Crippen LogP contribution in [0.1, 0.15) is 0 Å². The van der Waals surface area contributed by atoms with Crippen LogP contribution in [0.3, 0.4) is 0 Å². The molecule has 3 rings (SSSR count). The zero-order chi connectivity index (χ0) is 16.3. The van der Waals surface area contributed by atoms with Crippen molar-refractivity contribution in [3.63, 3.8) is 0 Å². The SMILES string of the molecule is O=S(=O)(O)c1ccc(P(c2ccccc2)c2ccccc2)cc1.[KH]. The fraction of sp³-hybridized carbons (Fsp3) is 0. The summed E-state index contributed by atoms with van der Waals surface area (Å²) >= 11 is 0. The molecule has 3 aromatic carbocycles. The van der Waals surface area contributed by atoms with Crippen LogP contribution in [0.25, 0.3) is 0 Å². The maximum atomic E-state index is 11.2. The van der Waals surface area contributed by atoms with Gasteiger partial charge in [0.05, 0.1) is 4.90 Å². The Morgan fingerprint density at radius 3 is 1.38 bits per heavy atom. The van der Waals surface area contributed by atoms with Gasteiger partial charge in [-0.15, -0.1) is 0 Å². The number of hydrogen-bond donors (Lipinski definition) is 1. The summed E-state index contributed by atoms with van der Waals surface area (Å²) in [5, 5.41) is 3.41. The van der Waals surface area contributed by atoms with Gasteiger partial charge in [0.15, 0.2) is 0 Å². The van der Waals surface area contributed by atoms with Gasteiger partial charge in [-0.1, -0.05) is 72.8 Å². The normalized spacial score (nSPS) is 11.1. The molecule has 0 aliphatic heterocycles. The second kappa shape index (κ2) is 8.83. The summed E-state index contributed by atoms with van der Waals surface area (Å²) < 4.78 is 31.6. The predicted octanol–water partition coefficient (Wildman–Crippen LogP) is 2.04. The molecule has 1 N–H and O–H groups in total. The molecule has 0 aliphatic rings. The molecule has 118 valence electrons. The summed E-state index contributed by atoms with van der Waals surface area (Å²) in [5.41, 5.74) is 0. The van der Waals surface area contributed by atoms with Crippen molar-refractivity contribution in [2.45, 2.75) is 4.90 Å². The number of hydrogen-bond acceptors (Lipinski definition) is 2. The molecule has 0 unspecified atom stereocenters. The molecule has 0 bridgehead atoms. The zero-order valence-corrected chi connectivity index (χ0v) is 13.9. The van der Waals surface area contributed by atoms with E-state index in [9.17, 15) is 8.42 Å². The van der Waals surface area contributed by atoms with Crippen molar-refractivity contribution >= 4 is 85.3 Å². The first-order valence-electron chi connectivity index (χ1n) is 7.03. The van der Waals surface area contributed by atoms with Crippen LogP contribution in [0.15, 0.2) is 89.8 Å².